The summed E-state index contributed by atoms with van der Waals surface area (Å²) in [5.41, 5.74) is 0. The van der Waals surface area contributed by atoms with Crippen molar-refractivity contribution >= 4 is 26.6 Å². The van der Waals surface area contributed by atoms with Gasteiger partial charge in [0.1, 0.15) is 4.60 Å². The Hall–Kier alpha value is -0.420. The summed E-state index contributed by atoms with van der Waals surface area (Å²) in [6.07, 6.45) is 0. The van der Waals surface area contributed by atoms with E-state index in [1.807, 2.05) is 0 Å². The molecule has 0 aliphatic carbocycles. The molecule has 1 aromatic rings. The topological polar surface area (TPSA) is 47.0 Å². The summed E-state index contributed by atoms with van der Waals surface area (Å²) < 4.78 is 21.1. The van der Waals surface area contributed by atoms with Gasteiger partial charge in [-0.2, -0.15) is 0 Å². The number of nitrogens with zero attached hydrogens (tertiary/aromatic N) is 1. The molecule has 0 radical (unpaired) electrons. The summed E-state index contributed by atoms with van der Waals surface area (Å²) in [6, 6.07) is 4.73. The van der Waals surface area contributed by atoms with Crippen molar-refractivity contribution in [2.24, 2.45) is 0 Å². The normalized spacial score (nSPS) is 10.2. The van der Waals surface area contributed by atoms with Gasteiger partial charge in [-0.3, -0.25) is 0 Å². The molecule has 0 aliphatic rings. The second kappa shape index (κ2) is 3.12. The summed E-state index contributed by atoms with van der Waals surface area (Å²) in [6.45, 7) is 0. The summed E-state index contributed by atoms with van der Waals surface area (Å²) >= 11 is 3.05. The van der Waals surface area contributed by atoms with Gasteiger partial charge in [0.15, 0.2) is 15.7 Å². The molecule has 0 saturated carbocycles. The van der Waals surface area contributed by atoms with Crippen LogP contribution in [-0.4, -0.2) is 13.4 Å². The van der Waals surface area contributed by atoms with Crippen molar-refractivity contribution in [2.45, 2.75) is 5.03 Å². The highest BCUT2D eigenvalue weighted by Gasteiger charge is 1.94. The highest BCUT2D eigenvalue weighted by atomic mass is 79.9. The Balaban J connectivity index is 3.19. The van der Waals surface area contributed by atoms with Gasteiger partial charge < -0.3 is 0 Å². The van der Waals surface area contributed by atoms with Crippen molar-refractivity contribution in [3.8, 4) is 0 Å². The maximum Gasteiger partial charge on any atom is 0.185 e. The molecule has 0 unspecified atom stereocenters. The van der Waals surface area contributed by atoms with Crippen LogP contribution < -0.4 is 0 Å². The Bertz CT molecular complexity index is 302. The predicted octanol–water partition coefficient (Wildman–Crippen LogP) is 0.814. The van der Waals surface area contributed by atoms with Crippen LogP contribution in [0.25, 0.3) is 0 Å². The van der Waals surface area contributed by atoms with E-state index < -0.39 is 10.7 Å². The molecule has 0 N–H and O–H groups in total. The molecule has 1 rings (SSSR count). The molecule has 54 valence electrons. The van der Waals surface area contributed by atoms with Gasteiger partial charge >= 0.3 is 0 Å². The summed E-state index contributed by atoms with van der Waals surface area (Å²) in [5, 5.41) is 0.0874. The first-order chi connectivity index (χ1) is 4.70. The van der Waals surface area contributed by atoms with E-state index in [9.17, 15) is 8.42 Å². The highest BCUT2D eigenvalue weighted by molar-refractivity contribution is 9.10. The fourth-order valence-electron chi connectivity index (χ4n) is 0.499. The standard InChI is InChI=1S/C5H4BrNO2S/c6-4-2-1-3-5(7-4)10(8)9/h1-3,10H. The van der Waals surface area contributed by atoms with E-state index in [4.69, 9.17) is 0 Å². The molecule has 0 bridgehead atoms. The van der Waals surface area contributed by atoms with E-state index in [0.717, 1.165) is 0 Å². The molecule has 0 fully saturated rings. The molecule has 0 aromatic carbocycles. The summed E-state index contributed by atoms with van der Waals surface area (Å²) in [4.78, 5) is 3.69. The van der Waals surface area contributed by atoms with Crippen LogP contribution in [0.2, 0.25) is 0 Å². The quantitative estimate of drug-likeness (QED) is 0.565. The molecule has 1 heterocycles. The molecule has 3 nitrogen and oxygen atoms in total. The van der Waals surface area contributed by atoms with Gasteiger partial charge in [-0.15, -0.1) is 0 Å². The predicted molar refractivity (Wildman–Crippen MR) is 40.5 cm³/mol. The van der Waals surface area contributed by atoms with E-state index in [2.05, 4.69) is 20.9 Å². The van der Waals surface area contributed by atoms with Gasteiger partial charge in [-0.25, -0.2) is 13.4 Å². The van der Waals surface area contributed by atoms with Crippen LogP contribution in [0.4, 0.5) is 0 Å². The van der Waals surface area contributed by atoms with Crippen LogP contribution in [0.15, 0.2) is 27.8 Å². The number of hydrogen-bond donors (Lipinski definition) is 1. The number of halogens is 1. The van der Waals surface area contributed by atoms with E-state index in [1.165, 1.54) is 6.07 Å². The zero-order valence-corrected chi connectivity index (χ0v) is 7.30. The minimum absolute atomic E-state index is 0.0874. The number of pyridine rings is 1. The second-order valence-corrected chi connectivity index (χ2v) is 3.36. The van der Waals surface area contributed by atoms with E-state index in [-0.39, 0.29) is 5.03 Å². The first-order valence-corrected chi connectivity index (χ1v) is 4.44. The Labute approximate surface area is 68.2 Å². The maximum atomic E-state index is 10.3. The lowest BCUT2D eigenvalue weighted by Gasteiger charge is -1.88. The van der Waals surface area contributed by atoms with Crippen LogP contribution in [0, 0.1) is 0 Å². The van der Waals surface area contributed by atoms with Gasteiger partial charge in [-0.05, 0) is 28.1 Å². The van der Waals surface area contributed by atoms with Crippen molar-refractivity contribution in [2.75, 3.05) is 0 Å². The Morgan fingerprint density at radius 2 is 2.10 bits per heavy atom. The van der Waals surface area contributed by atoms with Crippen LogP contribution in [0.1, 0.15) is 0 Å². The third-order valence-corrected chi connectivity index (χ3v) is 1.95. The molecular weight excluding hydrogens is 218 g/mol. The van der Waals surface area contributed by atoms with Crippen LogP contribution in [-0.2, 0) is 10.7 Å². The van der Waals surface area contributed by atoms with Crippen LogP contribution >= 0.6 is 15.9 Å². The Morgan fingerprint density at radius 1 is 1.40 bits per heavy atom. The molecule has 0 atom stereocenters. The average Bonchev–Trinajstić information content (AvgIpc) is 1.88. The van der Waals surface area contributed by atoms with E-state index in [0.29, 0.717) is 4.60 Å². The van der Waals surface area contributed by atoms with Gasteiger partial charge in [0.05, 0.1) is 0 Å². The minimum Gasteiger partial charge on any atom is -0.230 e. The average molecular weight is 222 g/mol. The van der Waals surface area contributed by atoms with Gasteiger partial charge in [0.25, 0.3) is 0 Å². The van der Waals surface area contributed by atoms with Crippen molar-refractivity contribution < 1.29 is 8.42 Å². The zero-order valence-electron chi connectivity index (χ0n) is 4.82. The van der Waals surface area contributed by atoms with Gasteiger partial charge in [-0.1, -0.05) is 6.07 Å². The van der Waals surface area contributed by atoms with Crippen LogP contribution in [0.5, 0.6) is 0 Å². The molecule has 0 amide bonds. The lowest BCUT2D eigenvalue weighted by atomic mass is 10.5. The van der Waals surface area contributed by atoms with Crippen molar-refractivity contribution in [3.63, 3.8) is 0 Å². The van der Waals surface area contributed by atoms with Crippen molar-refractivity contribution in [1.29, 1.82) is 0 Å². The lowest BCUT2D eigenvalue weighted by Crippen LogP contribution is -1.84. The third-order valence-electron chi connectivity index (χ3n) is 0.887. The second-order valence-electron chi connectivity index (χ2n) is 1.58. The highest BCUT2D eigenvalue weighted by Crippen LogP contribution is 2.06. The number of hydrogen-bond acceptors (Lipinski definition) is 3. The smallest absolute Gasteiger partial charge is 0.185 e. The number of thiol groups is 1. The molecule has 1 aromatic heterocycles. The maximum absolute atomic E-state index is 10.3. The monoisotopic (exact) mass is 221 g/mol. The summed E-state index contributed by atoms with van der Waals surface area (Å²) in [7, 11) is -2.55. The van der Waals surface area contributed by atoms with E-state index >= 15 is 0 Å². The number of aromatic nitrogens is 1. The Kier molecular flexibility index (Phi) is 2.39. The van der Waals surface area contributed by atoms with Crippen LogP contribution in [0.3, 0.4) is 0 Å². The SMILES string of the molecule is O=[SH](=O)c1cccc(Br)n1. The molecular formula is C5H4BrNO2S. The fraction of sp³-hybridized carbons (Fsp3) is 0. The molecule has 10 heavy (non-hydrogen) atoms. The third kappa shape index (κ3) is 1.78. The van der Waals surface area contributed by atoms with Crippen molar-refractivity contribution in [1.82, 2.24) is 4.98 Å². The molecule has 0 aliphatic heterocycles. The zero-order chi connectivity index (χ0) is 7.56. The molecule has 0 spiro atoms. The van der Waals surface area contributed by atoms with Gasteiger partial charge in [0.2, 0.25) is 0 Å². The fourth-order valence-corrected chi connectivity index (χ4v) is 1.38. The Morgan fingerprint density at radius 3 is 2.50 bits per heavy atom. The first kappa shape index (κ1) is 7.68. The minimum atomic E-state index is -2.55. The van der Waals surface area contributed by atoms with E-state index in [1.54, 1.807) is 12.1 Å². The largest absolute Gasteiger partial charge is 0.230 e. The molecule has 5 heteroatoms. The first-order valence-electron chi connectivity index (χ1n) is 2.47. The lowest BCUT2D eigenvalue weighted by molar-refractivity contribution is 0.611. The summed E-state index contributed by atoms with van der Waals surface area (Å²) in [5.74, 6) is 0. The molecule has 0 saturated heterocycles. The number of rotatable bonds is 1. The van der Waals surface area contributed by atoms with Crippen molar-refractivity contribution in [3.05, 3.63) is 22.8 Å². The van der Waals surface area contributed by atoms with Gasteiger partial charge in [0, 0.05) is 0 Å².